The molecule has 496 valence electrons. The fraction of sp³-hybridized carbons (Fsp3) is 0.354. The molecule has 0 amide bonds. The Morgan fingerprint density at radius 2 is 0.441 bits per heavy atom. The normalized spacial score (nSPS) is 11.0. The Bertz CT molecular complexity index is 2660. The molecule has 0 aliphatic carbocycles. The van der Waals surface area contributed by atoms with Crippen molar-refractivity contribution in [3.63, 3.8) is 0 Å². The second-order valence-corrected chi connectivity index (χ2v) is 25.1. The minimum atomic E-state index is -1.22. The summed E-state index contributed by atoms with van der Waals surface area (Å²) in [6, 6.07) is 89.0. The predicted octanol–water partition coefficient (Wildman–Crippen LogP) is 9.51. The van der Waals surface area contributed by atoms with Crippen LogP contribution in [0.15, 0.2) is 258 Å². The van der Waals surface area contributed by atoms with Crippen LogP contribution in [-0.4, -0.2) is 124 Å². The van der Waals surface area contributed by atoms with E-state index in [1.54, 1.807) is 0 Å². The number of rotatable bonds is 25. The third kappa shape index (κ3) is 25.9. The monoisotopic (exact) mass is 1300 g/mol. The average molecular weight is 1300 g/mol. The zero-order chi connectivity index (χ0) is 66.4. The fourth-order valence-corrected chi connectivity index (χ4v) is 11.7. The van der Waals surface area contributed by atoms with Crippen LogP contribution in [0.25, 0.3) is 0 Å². The van der Waals surface area contributed by atoms with Gasteiger partial charge in [-0.3, -0.25) is 19.9 Å². The largest absolute Gasteiger partial charge is 3.00 e. The van der Waals surface area contributed by atoms with Crippen LogP contribution in [0.4, 0.5) is 0 Å². The first kappa shape index (κ1) is 77.6. The summed E-state index contributed by atoms with van der Waals surface area (Å²) in [6.07, 6.45) is -2.43. The number of nitrogens with one attached hydrogen (secondary N) is 6. The zero-order valence-electron chi connectivity index (χ0n) is 58.4. The van der Waals surface area contributed by atoms with Gasteiger partial charge in [0.1, 0.15) is 12.3 Å². The molecular formula is C79H110B2CoN10O+. The summed E-state index contributed by atoms with van der Waals surface area (Å²) in [4.78, 5) is 16.9. The molecule has 11 nitrogen and oxygen atoms in total. The molecule has 0 aliphatic rings. The Morgan fingerprint density at radius 3 is 0.559 bits per heavy atom. The van der Waals surface area contributed by atoms with Crippen molar-refractivity contribution < 1.29 is 21.5 Å². The summed E-state index contributed by atoms with van der Waals surface area (Å²) >= 11 is 0. The number of benzene rings is 8. The van der Waals surface area contributed by atoms with E-state index < -0.39 is 12.3 Å². The van der Waals surface area contributed by atoms with Crippen LogP contribution in [0.5, 0.6) is 0 Å². The molecule has 0 unspecified atom stereocenters. The van der Waals surface area contributed by atoms with Gasteiger partial charge < -0.3 is 36.6 Å². The van der Waals surface area contributed by atoms with Gasteiger partial charge in [-0.2, -0.15) is 43.7 Å². The van der Waals surface area contributed by atoms with Crippen LogP contribution in [-0.2, 0) is 21.5 Å². The number of guanidine groups is 3. The molecule has 8 aromatic carbocycles. The molecular weight excluding hydrogens is 1190 g/mol. The van der Waals surface area contributed by atoms with E-state index in [0.29, 0.717) is 55.9 Å². The van der Waals surface area contributed by atoms with Crippen molar-refractivity contribution in [3.8, 4) is 0 Å². The van der Waals surface area contributed by atoms with Gasteiger partial charge in [0.2, 0.25) is 0 Å². The van der Waals surface area contributed by atoms with Crippen molar-refractivity contribution in [2.75, 3.05) is 52.5 Å². The van der Waals surface area contributed by atoms with Gasteiger partial charge in [0.15, 0.2) is 17.9 Å². The molecule has 0 bridgehead atoms. The molecule has 8 rings (SSSR count). The van der Waals surface area contributed by atoms with Crippen LogP contribution in [0.3, 0.4) is 0 Å². The van der Waals surface area contributed by atoms with Gasteiger partial charge in [-0.05, 0) is 96.9 Å². The van der Waals surface area contributed by atoms with E-state index in [-0.39, 0.29) is 16.8 Å². The minimum Gasteiger partial charge on any atom is -0.382 e. The van der Waals surface area contributed by atoms with Crippen molar-refractivity contribution in [2.24, 2.45) is 15.0 Å². The second-order valence-electron chi connectivity index (χ2n) is 25.1. The number of hydrogen-bond acceptors (Lipinski definition) is 5. The van der Waals surface area contributed by atoms with Gasteiger partial charge in [-0.25, -0.2) is 0 Å². The summed E-state index contributed by atoms with van der Waals surface area (Å²) in [5, 5.41) is 20.5. The molecule has 0 aliphatic heterocycles. The maximum atomic E-state index is 4.83. The van der Waals surface area contributed by atoms with E-state index in [9.17, 15) is 0 Å². The standard InChI is InChI=1S/C27H60N10.2C24H20B.C4H10O.Co/c1-19(2)31-25(32-20(3)4)28-13-16-37(17-14-29-26(33-21(5)6)34-22(7)8)18-15-30-27(35-23(9)10)36-24(11)12;2*1-5-13-21(14-6-1)25(22-15-7-2-8-16-22,23-17-9-3-10-18-23)24-19-11-4-12-20-24;1-3-5-4-2;/h19-24H,13-18H2,1-12H3,(H2,28,31,32)(H2,29,33,34)(H2,30,35,36);2*1-20H;3-4H2,1-2H3;/q;2*-1;;+3. The van der Waals surface area contributed by atoms with Gasteiger partial charge in [0.25, 0.3) is 0 Å². The van der Waals surface area contributed by atoms with Crippen molar-refractivity contribution in [1.82, 2.24) is 36.8 Å². The van der Waals surface area contributed by atoms with Gasteiger partial charge >= 0.3 is 16.8 Å². The number of nitrogens with zero attached hydrogens (tertiary/aromatic N) is 4. The third-order valence-electron chi connectivity index (χ3n) is 15.4. The summed E-state index contributed by atoms with van der Waals surface area (Å²) in [5.74, 6) is 2.57. The van der Waals surface area contributed by atoms with E-state index >= 15 is 0 Å². The molecule has 6 N–H and O–H groups in total. The molecule has 14 heteroatoms. The van der Waals surface area contributed by atoms with Gasteiger partial charge in [-0.1, -0.05) is 243 Å². The van der Waals surface area contributed by atoms with Crippen LogP contribution >= 0.6 is 0 Å². The van der Waals surface area contributed by atoms with E-state index in [0.717, 1.165) is 50.7 Å². The number of hydrogen-bond donors (Lipinski definition) is 6. The van der Waals surface area contributed by atoms with Gasteiger partial charge in [0.05, 0.1) is 19.6 Å². The first-order chi connectivity index (χ1) is 44.5. The van der Waals surface area contributed by atoms with Crippen molar-refractivity contribution in [3.05, 3.63) is 243 Å². The van der Waals surface area contributed by atoms with E-state index in [1.807, 2.05) is 13.8 Å². The predicted molar refractivity (Wildman–Crippen MR) is 405 cm³/mol. The first-order valence-electron chi connectivity index (χ1n) is 33.8. The maximum absolute atomic E-state index is 4.83. The SMILES string of the molecule is CC(C)NC(=NCCN(CCN=C(NC(C)C)NC(C)C)CCN=C(NC(C)C)NC(C)C)NC(C)C.CCOCC.[Co+3].c1ccc([B-](c2ccccc2)(c2ccccc2)c2ccccc2)cc1.c1ccc([B-](c2ccccc2)(c2ccccc2)c2ccccc2)cc1. The van der Waals surface area contributed by atoms with Gasteiger partial charge in [-0.15, -0.1) is 0 Å². The van der Waals surface area contributed by atoms with E-state index in [1.165, 1.54) is 43.7 Å². The van der Waals surface area contributed by atoms with Crippen molar-refractivity contribution >= 4 is 73.9 Å². The average Bonchev–Trinajstić information content (AvgIpc) is 0.760. The zero-order valence-corrected chi connectivity index (χ0v) is 59.4. The minimum absolute atomic E-state index is 0. The quantitative estimate of drug-likeness (QED) is 0.0190. The third-order valence-corrected chi connectivity index (χ3v) is 15.4. The Balaban J connectivity index is 0.000000290. The molecule has 0 heterocycles. The molecule has 0 aromatic heterocycles. The molecule has 0 saturated carbocycles. The van der Waals surface area contributed by atoms with Gasteiger partial charge in [0, 0.05) is 69.1 Å². The van der Waals surface area contributed by atoms with Crippen LogP contribution < -0.4 is 75.6 Å². The van der Waals surface area contributed by atoms with Crippen molar-refractivity contribution in [1.29, 1.82) is 0 Å². The van der Waals surface area contributed by atoms with E-state index in [2.05, 4.69) is 363 Å². The molecule has 0 radical (unpaired) electrons. The molecule has 8 aromatic rings. The van der Waals surface area contributed by atoms with Crippen LogP contribution in [0.2, 0.25) is 0 Å². The molecule has 93 heavy (non-hydrogen) atoms. The Hall–Kier alpha value is -7.87. The summed E-state index contributed by atoms with van der Waals surface area (Å²) in [7, 11) is 0. The topological polar surface area (TPSA) is 122 Å². The van der Waals surface area contributed by atoms with Crippen LogP contribution in [0, 0.1) is 0 Å². The second kappa shape index (κ2) is 43.1. The molecule has 0 saturated heterocycles. The van der Waals surface area contributed by atoms with Crippen molar-refractivity contribution in [2.45, 2.75) is 133 Å². The number of ether oxygens (including phenoxy) is 1. The molecule has 0 fully saturated rings. The number of aliphatic imine (C=N–C) groups is 3. The Labute approximate surface area is 572 Å². The van der Waals surface area contributed by atoms with Crippen LogP contribution in [0.1, 0.15) is 96.9 Å². The summed E-state index contributed by atoms with van der Waals surface area (Å²) < 4.78 is 4.83. The summed E-state index contributed by atoms with van der Waals surface area (Å²) in [6.45, 7) is 35.8. The molecule has 0 atom stereocenters. The first-order valence-corrected chi connectivity index (χ1v) is 33.8. The molecule has 0 spiro atoms. The Kier molecular flexibility index (Phi) is 36.0. The maximum Gasteiger partial charge on any atom is 3.00 e. The Morgan fingerprint density at radius 1 is 0.290 bits per heavy atom. The fourth-order valence-electron chi connectivity index (χ4n) is 11.7. The van der Waals surface area contributed by atoms with E-state index in [4.69, 9.17) is 19.7 Å². The smallest absolute Gasteiger partial charge is 0.382 e. The summed E-state index contributed by atoms with van der Waals surface area (Å²) in [5.41, 5.74) is 10.7.